The normalized spacial score (nSPS) is 19.2. The maximum absolute atomic E-state index is 13.5. The quantitative estimate of drug-likeness (QED) is 0.469. The summed E-state index contributed by atoms with van der Waals surface area (Å²) in [6.45, 7) is 0. The number of alkyl halides is 8. The van der Waals surface area contributed by atoms with Gasteiger partial charge in [0.1, 0.15) is 0 Å². The zero-order chi connectivity index (χ0) is 19.7. The van der Waals surface area contributed by atoms with E-state index in [1.54, 1.807) is 0 Å². The minimum Gasteiger partial charge on any atom is -0.281 e. The van der Waals surface area contributed by atoms with Crippen LogP contribution in [-0.4, -0.2) is 36.4 Å². The van der Waals surface area contributed by atoms with Gasteiger partial charge in [0, 0.05) is 6.42 Å². The molecule has 13 heteroatoms. The summed E-state index contributed by atoms with van der Waals surface area (Å²) in [5.74, 6) is -5.58. The third-order valence-corrected chi connectivity index (χ3v) is 4.82. The smallest absolute Gasteiger partial charge is 0.281 e. The molecule has 150 valence electrons. The summed E-state index contributed by atoms with van der Waals surface area (Å²) >= 11 is 0. The van der Waals surface area contributed by atoms with E-state index in [-0.39, 0.29) is 5.92 Å². The molecule has 4 nitrogen and oxygen atoms in total. The molecule has 0 aromatic rings. The van der Waals surface area contributed by atoms with Crippen molar-refractivity contribution in [3.8, 4) is 0 Å². The fourth-order valence-electron chi connectivity index (χ4n) is 2.45. The number of hydrogen-bond acceptors (Lipinski definition) is 3. The van der Waals surface area contributed by atoms with E-state index in [2.05, 4.69) is 4.74 Å². The minimum atomic E-state index is -6.89. The molecular weight excluding hydrogens is 392 g/mol. The summed E-state index contributed by atoms with van der Waals surface area (Å²) in [5, 5.41) is -6.54. The highest BCUT2D eigenvalue weighted by Gasteiger charge is 2.73. The Kier molecular flexibility index (Phi) is 6.38. The van der Waals surface area contributed by atoms with Crippen LogP contribution in [-0.2, 0) is 14.9 Å². The molecule has 0 aromatic heterocycles. The van der Waals surface area contributed by atoms with Crippen molar-refractivity contribution in [3.05, 3.63) is 0 Å². The second-order valence-corrected chi connectivity index (χ2v) is 7.34. The average Bonchev–Trinajstić information content (AvgIpc) is 2.43. The summed E-state index contributed by atoms with van der Waals surface area (Å²) in [6, 6.07) is 0. The van der Waals surface area contributed by atoms with Crippen LogP contribution in [0.1, 0.15) is 44.9 Å². The molecule has 0 spiro atoms. The van der Waals surface area contributed by atoms with Gasteiger partial charge in [-0.3, -0.25) is 4.55 Å². The van der Waals surface area contributed by atoms with E-state index in [4.69, 9.17) is 4.55 Å². The van der Waals surface area contributed by atoms with E-state index in [1.807, 2.05) is 0 Å². The molecule has 0 atom stereocenters. The first-order chi connectivity index (χ1) is 11.0. The number of ether oxygens (including phenoxy) is 1. The van der Waals surface area contributed by atoms with E-state index in [9.17, 15) is 43.5 Å². The highest BCUT2D eigenvalue weighted by Crippen LogP contribution is 2.48. The molecule has 0 heterocycles. The van der Waals surface area contributed by atoms with E-state index in [1.165, 1.54) is 0 Å². The lowest BCUT2D eigenvalue weighted by Gasteiger charge is -2.32. The monoisotopic (exact) mass is 408 g/mol. The maximum atomic E-state index is 13.5. The van der Waals surface area contributed by atoms with E-state index >= 15 is 0 Å². The lowest BCUT2D eigenvalue weighted by molar-refractivity contribution is -0.456. The Morgan fingerprint density at radius 2 is 1.36 bits per heavy atom. The second kappa shape index (κ2) is 7.14. The number of hydrogen-bond donors (Lipinski definition) is 1. The van der Waals surface area contributed by atoms with Gasteiger partial charge in [0.2, 0.25) is 0 Å². The summed E-state index contributed by atoms with van der Waals surface area (Å²) in [4.78, 5) is 0. The van der Waals surface area contributed by atoms with Gasteiger partial charge in [-0.05, 0) is 12.3 Å². The Labute approximate surface area is 138 Å². The third-order valence-electron chi connectivity index (χ3n) is 3.94. The van der Waals surface area contributed by atoms with Crippen LogP contribution in [0.3, 0.4) is 0 Å². The largest absolute Gasteiger partial charge is 0.460 e. The van der Waals surface area contributed by atoms with Gasteiger partial charge in [-0.1, -0.05) is 32.1 Å². The predicted octanol–water partition coefficient (Wildman–Crippen LogP) is 4.67. The Morgan fingerprint density at radius 3 is 1.80 bits per heavy atom. The fourth-order valence-corrected chi connectivity index (χ4v) is 2.79. The summed E-state index contributed by atoms with van der Waals surface area (Å²) in [5.41, 5.74) is 0. The van der Waals surface area contributed by atoms with Gasteiger partial charge in [0.05, 0.1) is 0 Å². The molecule has 0 bridgehead atoms. The first-order valence-electron chi connectivity index (χ1n) is 7.22. The Hall–Kier alpha value is -0.690. The summed E-state index contributed by atoms with van der Waals surface area (Å²) < 4.78 is 136. The predicted molar refractivity (Wildman–Crippen MR) is 68.2 cm³/mol. The molecular formula is C12H16F8O4S. The summed E-state index contributed by atoms with van der Waals surface area (Å²) in [7, 11) is -6.89. The van der Waals surface area contributed by atoms with Gasteiger partial charge in [-0.2, -0.15) is 43.5 Å². The fraction of sp³-hybridized carbons (Fsp3) is 1.00. The molecule has 1 rings (SSSR count). The van der Waals surface area contributed by atoms with Crippen molar-refractivity contribution < 1.29 is 52.8 Å². The standard InChI is InChI=1S/C12H16F8O4S/c13-9(14,7-6-8-4-2-1-3-5-8)10(15,16)24-11(17,18)12(19,20)25(21,22)23/h8H,1-7H2,(H,21,22,23). The third kappa shape index (κ3) is 4.94. The Balaban J connectivity index is 2.86. The molecule has 1 saturated carbocycles. The van der Waals surface area contributed by atoms with Crippen LogP contribution in [0.2, 0.25) is 0 Å². The molecule has 1 aliphatic rings. The molecule has 1 aliphatic carbocycles. The van der Waals surface area contributed by atoms with Crippen molar-refractivity contribution in [2.45, 2.75) is 68.3 Å². The molecule has 1 fully saturated rings. The van der Waals surface area contributed by atoms with Crippen LogP contribution in [0.5, 0.6) is 0 Å². The zero-order valence-electron chi connectivity index (χ0n) is 12.6. The number of rotatable bonds is 8. The molecule has 0 aromatic carbocycles. The Bertz CT molecular complexity index is 557. The van der Waals surface area contributed by atoms with Gasteiger partial charge < -0.3 is 0 Å². The average molecular weight is 408 g/mol. The topological polar surface area (TPSA) is 63.6 Å². The van der Waals surface area contributed by atoms with Gasteiger partial charge in [-0.25, -0.2) is 4.74 Å². The van der Waals surface area contributed by atoms with Crippen molar-refractivity contribution in [3.63, 3.8) is 0 Å². The lowest BCUT2D eigenvalue weighted by atomic mass is 9.85. The summed E-state index contributed by atoms with van der Waals surface area (Å²) in [6.07, 6.45) is -11.5. The zero-order valence-corrected chi connectivity index (χ0v) is 13.4. The van der Waals surface area contributed by atoms with Gasteiger partial charge in [0.25, 0.3) is 0 Å². The van der Waals surface area contributed by atoms with Crippen molar-refractivity contribution in [1.29, 1.82) is 0 Å². The van der Waals surface area contributed by atoms with E-state index in [0.29, 0.717) is 25.7 Å². The van der Waals surface area contributed by atoms with Gasteiger partial charge in [0.15, 0.2) is 0 Å². The van der Waals surface area contributed by atoms with Crippen molar-refractivity contribution >= 4 is 10.1 Å². The second-order valence-electron chi connectivity index (χ2n) is 5.87. The van der Waals surface area contributed by atoms with Crippen LogP contribution in [0.15, 0.2) is 0 Å². The van der Waals surface area contributed by atoms with Crippen LogP contribution in [0.4, 0.5) is 35.1 Å². The highest BCUT2D eigenvalue weighted by molar-refractivity contribution is 7.86. The molecule has 0 radical (unpaired) electrons. The van der Waals surface area contributed by atoms with Gasteiger partial charge >= 0.3 is 33.5 Å². The molecule has 0 aliphatic heterocycles. The van der Waals surface area contributed by atoms with E-state index in [0.717, 1.165) is 6.42 Å². The SMILES string of the molecule is O=S(=O)(O)C(F)(F)C(F)(F)OC(F)(F)C(F)(F)CCC1CCCCC1. The van der Waals surface area contributed by atoms with Crippen LogP contribution < -0.4 is 0 Å². The first-order valence-corrected chi connectivity index (χ1v) is 8.66. The minimum absolute atomic E-state index is 0.338. The number of halogens is 8. The Morgan fingerprint density at radius 1 is 0.880 bits per heavy atom. The lowest BCUT2D eigenvalue weighted by Crippen LogP contribution is -2.55. The molecule has 0 amide bonds. The van der Waals surface area contributed by atoms with Gasteiger partial charge in [-0.15, -0.1) is 0 Å². The first kappa shape index (κ1) is 22.4. The van der Waals surface area contributed by atoms with Crippen LogP contribution in [0.25, 0.3) is 0 Å². The molecule has 0 saturated heterocycles. The molecule has 25 heavy (non-hydrogen) atoms. The van der Waals surface area contributed by atoms with Crippen molar-refractivity contribution in [2.24, 2.45) is 5.92 Å². The molecule has 1 N–H and O–H groups in total. The molecule has 0 unspecified atom stereocenters. The van der Waals surface area contributed by atoms with Crippen molar-refractivity contribution in [2.75, 3.05) is 0 Å². The van der Waals surface area contributed by atoms with Crippen LogP contribution >= 0.6 is 0 Å². The van der Waals surface area contributed by atoms with Crippen molar-refractivity contribution in [1.82, 2.24) is 0 Å². The maximum Gasteiger partial charge on any atom is 0.460 e. The highest BCUT2D eigenvalue weighted by atomic mass is 32.2. The van der Waals surface area contributed by atoms with E-state index < -0.39 is 46.4 Å². The van der Waals surface area contributed by atoms with Crippen LogP contribution in [0, 0.1) is 5.92 Å².